The summed E-state index contributed by atoms with van der Waals surface area (Å²) in [5.74, 6) is -0.434. The number of benzene rings is 3. The smallest absolute Gasteiger partial charge is 0.338 e. The van der Waals surface area contributed by atoms with Crippen molar-refractivity contribution < 1.29 is 28.8 Å². The number of amides is 2. The van der Waals surface area contributed by atoms with E-state index in [9.17, 15) is 24.5 Å². The number of imide groups is 1. The van der Waals surface area contributed by atoms with Crippen molar-refractivity contribution in [3.63, 3.8) is 0 Å². The molecule has 3 aromatic carbocycles. The molecule has 2 bridgehead atoms. The molecule has 0 unspecified atom stereocenters. The van der Waals surface area contributed by atoms with Crippen LogP contribution in [0, 0.1) is 33.8 Å². The molecular formula is C29H21ClN2O7. The van der Waals surface area contributed by atoms with Crippen LogP contribution in [-0.4, -0.2) is 22.7 Å². The van der Waals surface area contributed by atoms with E-state index in [2.05, 4.69) is 12.2 Å². The third kappa shape index (κ3) is 4.44. The van der Waals surface area contributed by atoms with E-state index in [4.69, 9.17) is 21.1 Å². The summed E-state index contributed by atoms with van der Waals surface area (Å²) in [6.45, 7) is 0.0153. The van der Waals surface area contributed by atoms with Crippen LogP contribution >= 0.6 is 11.6 Å². The Hall–Kier alpha value is -4.50. The summed E-state index contributed by atoms with van der Waals surface area (Å²) < 4.78 is 11.1. The molecule has 1 saturated heterocycles. The summed E-state index contributed by atoms with van der Waals surface area (Å²) in [6.07, 6.45) is 4.97. The Morgan fingerprint density at radius 3 is 2.18 bits per heavy atom. The number of nitrogens with zero attached hydrogens (tertiary/aromatic N) is 2. The van der Waals surface area contributed by atoms with Gasteiger partial charge in [0.25, 0.3) is 5.69 Å². The molecule has 0 N–H and O–H groups in total. The van der Waals surface area contributed by atoms with Crippen molar-refractivity contribution >= 4 is 40.8 Å². The lowest BCUT2D eigenvalue weighted by Gasteiger charge is -2.17. The largest absolute Gasteiger partial charge is 0.457 e. The Bertz CT molecular complexity index is 1500. The van der Waals surface area contributed by atoms with E-state index >= 15 is 0 Å². The number of non-ortho nitro benzene ring substituents is 1. The average molecular weight is 545 g/mol. The second-order valence-electron chi connectivity index (χ2n) is 9.75. The predicted molar refractivity (Wildman–Crippen MR) is 140 cm³/mol. The molecule has 2 aliphatic carbocycles. The Morgan fingerprint density at radius 1 is 0.949 bits per heavy atom. The second kappa shape index (κ2) is 9.67. The van der Waals surface area contributed by atoms with Gasteiger partial charge in [-0.25, -0.2) is 4.79 Å². The lowest BCUT2D eigenvalue weighted by molar-refractivity contribution is -0.384. The molecule has 39 heavy (non-hydrogen) atoms. The van der Waals surface area contributed by atoms with Crippen molar-refractivity contribution in [2.24, 2.45) is 23.7 Å². The Balaban J connectivity index is 1.05. The van der Waals surface area contributed by atoms with Gasteiger partial charge in [0.05, 0.1) is 33.0 Å². The second-order valence-corrected chi connectivity index (χ2v) is 10.2. The molecule has 3 aromatic rings. The Labute approximate surface area is 227 Å². The van der Waals surface area contributed by atoms with Crippen molar-refractivity contribution in [3.05, 3.63) is 105 Å². The maximum Gasteiger partial charge on any atom is 0.338 e. The monoisotopic (exact) mass is 544 g/mol. The summed E-state index contributed by atoms with van der Waals surface area (Å²) in [7, 11) is 0. The highest BCUT2D eigenvalue weighted by atomic mass is 35.5. The normalized spacial score (nSPS) is 22.7. The number of ether oxygens (including phenoxy) is 2. The van der Waals surface area contributed by atoms with Crippen LogP contribution in [0.4, 0.5) is 11.4 Å². The average Bonchev–Trinajstić information content (AvgIpc) is 3.62. The molecule has 6 rings (SSSR count). The van der Waals surface area contributed by atoms with Gasteiger partial charge in [-0.15, -0.1) is 0 Å². The van der Waals surface area contributed by atoms with E-state index in [1.54, 1.807) is 48.5 Å². The minimum atomic E-state index is -0.544. The maximum atomic E-state index is 13.0. The third-order valence-corrected chi connectivity index (χ3v) is 7.77. The fourth-order valence-electron chi connectivity index (χ4n) is 5.60. The number of rotatable bonds is 7. The van der Waals surface area contributed by atoms with Gasteiger partial charge in [-0.05, 0) is 66.3 Å². The van der Waals surface area contributed by atoms with Gasteiger partial charge in [0.1, 0.15) is 18.1 Å². The molecule has 10 heteroatoms. The number of carbonyl (C=O) groups excluding carboxylic acids is 3. The first-order chi connectivity index (χ1) is 18.8. The van der Waals surface area contributed by atoms with Gasteiger partial charge in [-0.2, -0.15) is 0 Å². The summed E-state index contributed by atoms with van der Waals surface area (Å²) in [4.78, 5) is 50.1. The number of esters is 1. The quantitative estimate of drug-likeness (QED) is 0.123. The number of allylic oxidation sites excluding steroid dienone is 2. The number of halogens is 1. The predicted octanol–water partition coefficient (Wildman–Crippen LogP) is 5.71. The van der Waals surface area contributed by atoms with Crippen molar-refractivity contribution in [3.8, 4) is 11.5 Å². The molecule has 196 valence electrons. The summed E-state index contributed by atoms with van der Waals surface area (Å²) in [5.41, 5.74) is 1.33. The lowest BCUT2D eigenvalue weighted by atomic mass is 9.85. The number of anilines is 1. The van der Waals surface area contributed by atoms with Gasteiger partial charge >= 0.3 is 5.97 Å². The van der Waals surface area contributed by atoms with E-state index in [-0.39, 0.29) is 58.6 Å². The number of carbonyl (C=O) groups is 3. The minimum absolute atomic E-state index is 0.0153. The zero-order valence-electron chi connectivity index (χ0n) is 20.4. The molecular weight excluding hydrogens is 524 g/mol. The Kier molecular flexibility index (Phi) is 6.15. The minimum Gasteiger partial charge on any atom is -0.457 e. The van der Waals surface area contributed by atoms with Crippen LogP contribution in [0.5, 0.6) is 11.5 Å². The molecule has 2 fully saturated rings. The summed E-state index contributed by atoms with van der Waals surface area (Å²) in [6, 6.07) is 17.0. The van der Waals surface area contributed by atoms with Gasteiger partial charge in [-0.1, -0.05) is 35.9 Å². The highest BCUT2D eigenvalue weighted by molar-refractivity contribution is 6.32. The fourth-order valence-corrected chi connectivity index (χ4v) is 5.82. The van der Waals surface area contributed by atoms with E-state index < -0.39 is 10.9 Å². The molecule has 0 spiro atoms. The van der Waals surface area contributed by atoms with Crippen LogP contribution in [0.15, 0.2) is 78.9 Å². The van der Waals surface area contributed by atoms with E-state index in [1.807, 2.05) is 0 Å². The van der Waals surface area contributed by atoms with Crippen LogP contribution in [0.1, 0.15) is 22.3 Å². The van der Waals surface area contributed by atoms with Crippen LogP contribution < -0.4 is 9.64 Å². The number of fused-ring (bicyclic) bond motifs is 5. The van der Waals surface area contributed by atoms with Crippen molar-refractivity contribution in [1.29, 1.82) is 0 Å². The molecule has 0 radical (unpaired) electrons. The molecule has 1 aliphatic heterocycles. The zero-order chi connectivity index (χ0) is 27.3. The molecule has 1 saturated carbocycles. The van der Waals surface area contributed by atoms with Crippen LogP contribution in [-0.2, 0) is 20.9 Å². The fraction of sp³-hybridized carbons (Fsp3) is 0.207. The zero-order valence-corrected chi connectivity index (χ0v) is 21.1. The van der Waals surface area contributed by atoms with Crippen molar-refractivity contribution in [1.82, 2.24) is 0 Å². The molecule has 3 aliphatic rings. The number of hydrogen-bond donors (Lipinski definition) is 0. The third-order valence-electron chi connectivity index (χ3n) is 7.48. The standard InChI is InChI=1S/C29H21ClN2O7/c30-23-14-21(32(36)37)9-12-24(23)39-22-10-1-16(2-11-22)15-38-29(35)17-5-7-20(8-6-17)31-27(33)25-18-3-4-19(13-18)26(25)28(31)34/h1-12,14,18-19,25-26H,13,15H2/t18-,19+,25-,26-/m0/s1. The lowest BCUT2D eigenvalue weighted by Crippen LogP contribution is -2.32. The first-order valence-electron chi connectivity index (χ1n) is 12.3. The molecule has 2 amide bonds. The first kappa shape index (κ1) is 24.8. The summed E-state index contributed by atoms with van der Waals surface area (Å²) >= 11 is 6.07. The first-order valence-corrected chi connectivity index (χ1v) is 12.7. The molecule has 4 atom stereocenters. The maximum absolute atomic E-state index is 13.0. The van der Waals surface area contributed by atoms with E-state index in [1.165, 1.54) is 23.1 Å². The van der Waals surface area contributed by atoms with Crippen LogP contribution in [0.3, 0.4) is 0 Å². The van der Waals surface area contributed by atoms with Crippen LogP contribution in [0.2, 0.25) is 5.02 Å². The van der Waals surface area contributed by atoms with E-state index in [0.29, 0.717) is 22.6 Å². The number of hydrogen-bond acceptors (Lipinski definition) is 7. The topological polar surface area (TPSA) is 116 Å². The van der Waals surface area contributed by atoms with Crippen molar-refractivity contribution in [2.75, 3.05) is 4.90 Å². The summed E-state index contributed by atoms with van der Waals surface area (Å²) in [5, 5.41) is 11.0. The number of nitro groups is 1. The van der Waals surface area contributed by atoms with Gasteiger partial charge in [0.15, 0.2) is 0 Å². The van der Waals surface area contributed by atoms with Gasteiger partial charge < -0.3 is 9.47 Å². The molecule has 9 nitrogen and oxygen atoms in total. The SMILES string of the molecule is O=C(OCc1ccc(Oc2ccc([N+](=O)[O-])cc2Cl)cc1)c1ccc(N2C(=O)[C@@H]3[C@@H](C2=O)[C@H]2C=C[C@@H]3C2)cc1. The van der Waals surface area contributed by atoms with Gasteiger partial charge in [0, 0.05) is 12.1 Å². The van der Waals surface area contributed by atoms with Crippen molar-refractivity contribution in [2.45, 2.75) is 13.0 Å². The number of nitro benzene ring substituents is 1. The van der Waals surface area contributed by atoms with E-state index in [0.717, 1.165) is 6.42 Å². The Morgan fingerprint density at radius 2 is 1.59 bits per heavy atom. The van der Waals surface area contributed by atoms with Gasteiger partial charge in [0.2, 0.25) is 11.8 Å². The molecule has 1 heterocycles. The highest BCUT2D eigenvalue weighted by Gasteiger charge is 2.59. The van der Waals surface area contributed by atoms with Gasteiger partial charge in [-0.3, -0.25) is 24.6 Å². The molecule has 0 aromatic heterocycles. The van der Waals surface area contributed by atoms with Crippen LogP contribution in [0.25, 0.3) is 0 Å². The highest BCUT2D eigenvalue weighted by Crippen LogP contribution is 2.53.